The average Bonchev–Trinajstić information content (AvgIpc) is 2.70. The predicted molar refractivity (Wildman–Crippen MR) is 114 cm³/mol. The van der Waals surface area contributed by atoms with Gasteiger partial charge >= 0.3 is 0 Å². The van der Waals surface area contributed by atoms with Crippen LogP contribution in [0.5, 0.6) is 0 Å². The van der Waals surface area contributed by atoms with Crippen molar-refractivity contribution in [2.45, 2.75) is 9.79 Å². The van der Waals surface area contributed by atoms with E-state index >= 15 is 0 Å². The second-order valence-electron chi connectivity index (χ2n) is 6.09. The molecule has 28 heavy (non-hydrogen) atoms. The maximum absolute atomic E-state index is 12.9. The smallest absolute Gasteiger partial charge is 0.255 e. The van der Waals surface area contributed by atoms with Crippen LogP contribution in [0.25, 0.3) is 0 Å². The lowest BCUT2D eigenvalue weighted by Crippen LogP contribution is -2.50. The zero-order chi connectivity index (χ0) is 20.5. The van der Waals surface area contributed by atoms with Crippen molar-refractivity contribution in [2.75, 3.05) is 32.4 Å². The molecule has 1 aliphatic rings. The van der Waals surface area contributed by atoms with Crippen molar-refractivity contribution in [1.29, 1.82) is 0 Å². The van der Waals surface area contributed by atoms with E-state index in [-0.39, 0.29) is 47.0 Å². The van der Waals surface area contributed by atoms with Crippen LogP contribution in [0.15, 0.2) is 46.2 Å². The number of amides is 1. The lowest BCUT2D eigenvalue weighted by atomic mass is 10.2. The van der Waals surface area contributed by atoms with Gasteiger partial charge in [-0.2, -0.15) is 4.31 Å². The Balaban J connectivity index is 1.76. The number of sulfonamides is 1. The second kappa shape index (κ2) is 8.81. The van der Waals surface area contributed by atoms with Gasteiger partial charge in [-0.3, -0.25) is 4.79 Å². The lowest BCUT2D eigenvalue weighted by Gasteiger charge is -2.34. The summed E-state index contributed by atoms with van der Waals surface area (Å²) in [4.78, 5) is 15.4. The maximum atomic E-state index is 12.9. The number of thioether (sulfide) groups is 1. The highest BCUT2D eigenvalue weighted by Gasteiger charge is 2.32. The summed E-state index contributed by atoms with van der Waals surface area (Å²) in [5, 5.41) is 0.562. The van der Waals surface area contributed by atoms with Gasteiger partial charge in [0.1, 0.15) is 4.90 Å². The van der Waals surface area contributed by atoms with Crippen molar-refractivity contribution in [2.24, 2.45) is 0 Å². The predicted octanol–water partition coefficient (Wildman–Crippen LogP) is 4.52. The molecule has 0 unspecified atom stereocenters. The molecule has 1 amide bonds. The number of piperazine rings is 1. The van der Waals surface area contributed by atoms with E-state index < -0.39 is 10.0 Å². The number of halogens is 3. The number of carbonyl (C=O) groups excluding carboxylic acids is 1. The van der Waals surface area contributed by atoms with Gasteiger partial charge < -0.3 is 4.90 Å². The summed E-state index contributed by atoms with van der Waals surface area (Å²) in [5.74, 6) is -0.210. The number of nitrogens with zero attached hydrogens (tertiary/aromatic N) is 2. The topological polar surface area (TPSA) is 57.7 Å². The van der Waals surface area contributed by atoms with Gasteiger partial charge in [-0.1, -0.05) is 40.9 Å². The summed E-state index contributed by atoms with van der Waals surface area (Å²) in [6.07, 6.45) is 1.92. The zero-order valence-corrected chi connectivity index (χ0v) is 18.8. The molecule has 5 nitrogen and oxygen atoms in total. The molecule has 1 fully saturated rings. The summed E-state index contributed by atoms with van der Waals surface area (Å²) in [7, 11) is -3.80. The molecule has 150 valence electrons. The van der Waals surface area contributed by atoms with E-state index in [0.717, 1.165) is 4.90 Å². The van der Waals surface area contributed by atoms with E-state index in [9.17, 15) is 13.2 Å². The Hall–Kier alpha value is -0.960. The Kier molecular flexibility index (Phi) is 6.84. The van der Waals surface area contributed by atoms with Crippen molar-refractivity contribution in [3.8, 4) is 0 Å². The molecule has 3 rings (SSSR count). The standard InChI is InChI=1S/C18H17Cl3N2O3S2/c1-27-12-5-6-14(19)13(11-12)18(24)22-7-9-23(10-8-22)28(25,26)16-4-2-3-15(20)17(16)21/h2-6,11H,7-10H2,1H3. The van der Waals surface area contributed by atoms with Crippen LogP contribution in [0.2, 0.25) is 15.1 Å². The van der Waals surface area contributed by atoms with Crippen LogP contribution in [0, 0.1) is 0 Å². The van der Waals surface area contributed by atoms with Crippen LogP contribution in [-0.2, 0) is 10.0 Å². The van der Waals surface area contributed by atoms with Gasteiger partial charge in [-0.15, -0.1) is 11.8 Å². The van der Waals surface area contributed by atoms with E-state index in [1.807, 2.05) is 12.3 Å². The molecule has 0 bridgehead atoms. The highest BCUT2D eigenvalue weighted by molar-refractivity contribution is 7.98. The highest BCUT2D eigenvalue weighted by atomic mass is 35.5. The fourth-order valence-electron chi connectivity index (χ4n) is 2.92. The van der Waals surface area contributed by atoms with Crippen LogP contribution in [0.4, 0.5) is 0 Å². The molecular formula is C18H17Cl3N2O3S2. The van der Waals surface area contributed by atoms with E-state index in [4.69, 9.17) is 34.8 Å². The highest BCUT2D eigenvalue weighted by Crippen LogP contribution is 2.31. The number of rotatable bonds is 4. The minimum absolute atomic E-state index is 0.00309. The summed E-state index contributed by atoms with van der Waals surface area (Å²) in [6.45, 7) is 0.847. The van der Waals surface area contributed by atoms with Crippen molar-refractivity contribution >= 4 is 62.5 Å². The Morgan fingerprint density at radius 2 is 1.68 bits per heavy atom. The number of hydrogen-bond donors (Lipinski definition) is 0. The molecular weight excluding hydrogens is 463 g/mol. The SMILES string of the molecule is CSc1ccc(Cl)c(C(=O)N2CCN(S(=O)(=O)c3cccc(Cl)c3Cl)CC2)c1. The molecule has 0 atom stereocenters. The molecule has 2 aromatic carbocycles. The molecule has 0 saturated carbocycles. The van der Waals surface area contributed by atoms with E-state index in [2.05, 4.69) is 0 Å². The number of carbonyl (C=O) groups is 1. The molecule has 2 aromatic rings. The van der Waals surface area contributed by atoms with Gasteiger partial charge in [0.05, 0.1) is 20.6 Å². The van der Waals surface area contributed by atoms with Gasteiger partial charge in [-0.05, 0) is 36.6 Å². The fraction of sp³-hybridized carbons (Fsp3) is 0.278. The summed E-state index contributed by atoms with van der Waals surface area (Å²) in [5.41, 5.74) is 0.419. The van der Waals surface area contributed by atoms with Gasteiger partial charge in [0.2, 0.25) is 10.0 Å². The maximum Gasteiger partial charge on any atom is 0.255 e. The first-order valence-electron chi connectivity index (χ1n) is 8.32. The summed E-state index contributed by atoms with van der Waals surface area (Å²) >= 11 is 19.7. The Morgan fingerprint density at radius 3 is 2.32 bits per heavy atom. The normalized spacial score (nSPS) is 15.6. The molecule has 1 saturated heterocycles. The molecule has 0 radical (unpaired) electrons. The molecule has 10 heteroatoms. The Bertz CT molecular complexity index is 1010. The third kappa shape index (κ3) is 4.30. The quantitative estimate of drug-likeness (QED) is 0.605. The zero-order valence-electron chi connectivity index (χ0n) is 14.9. The Morgan fingerprint density at radius 1 is 1.00 bits per heavy atom. The third-order valence-corrected chi connectivity index (χ3v) is 8.39. The lowest BCUT2D eigenvalue weighted by molar-refractivity contribution is 0.0698. The van der Waals surface area contributed by atoms with Crippen molar-refractivity contribution < 1.29 is 13.2 Å². The van der Waals surface area contributed by atoms with Crippen LogP contribution in [0.1, 0.15) is 10.4 Å². The molecule has 0 N–H and O–H groups in total. The minimum atomic E-state index is -3.80. The van der Waals surface area contributed by atoms with Crippen LogP contribution in [0.3, 0.4) is 0 Å². The fourth-order valence-corrected chi connectivity index (χ4v) is 5.72. The average molecular weight is 480 g/mol. The molecule has 0 aromatic heterocycles. The van der Waals surface area contributed by atoms with E-state index in [1.54, 1.807) is 23.1 Å². The van der Waals surface area contributed by atoms with E-state index in [0.29, 0.717) is 10.6 Å². The van der Waals surface area contributed by atoms with Crippen molar-refractivity contribution in [1.82, 2.24) is 9.21 Å². The first-order valence-corrected chi connectivity index (χ1v) is 12.1. The van der Waals surface area contributed by atoms with Gasteiger partial charge in [0.15, 0.2) is 0 Å². The molecule has 0 aliphatic carbocycles. The first kappa shape index (κ1) is 21.7. The Labute approximate surface area is 183 Å². The first-order chi connectivity index (χ1) is 13.3. The number of benzene rings is 2. The monoisotopic (exact) mass is 478 g/mol. The van der Waals surface area contributed by atoms with Crippen LogP contribution in [-0.4, -0.2) is 56.0 Å². The largest absolute Gasteiger partial charge is 0.336 e. The van der Waals surface area contributed by atoms with E-state index in [1.165, 1.54) is 28.2 Å². The van der Waals surface area contributed by atoms with Crippen LogP contribution < -0.4 is 0 Å². The molecule has 0 spiro atoms. The molecule has 1 aliphatic heterocycles. The second-order valence-corrected chi connectivity index (χ2v) is 10.1. The van der Waals surface area contributed by atoms with Crippen LogP contribution >= 0.6 is 46.6 Å². The van der Waals surface area contributed by atoms with Crippen molar-refractivity contribution in [3.05, 3.63) is 57.0 Å². The third-order valence-electron chi connectivity index (χ3n) is 4.46. The summed E-state index contributed by atoms with van der Waals surface area (Å²) in [6, 6.07) is 9.80. The van der Waals surface area contributed by atoms with Gasteiger partial charge in [0, 0.05) is 31.1 Å². The van der Waals surface area contributed by atoms with Gasteiger partial charge in [-0.25, -0.2) is 8.42 Å². The summed E-state index contributed by atoms with van der Waals surface area (Å²) < 4.78 is 27.1. The number of hydrogen-bond acceptors (Lipinski definition) is 4. The van der Waals surface area contributed by atoms with Gasteiger partial charge in [0.25, 0.3) is 5.91 Å². The van der Waals surface area contributed by atoms with Crippen molar-refractivity contribution in [3.63, 3.8) is 0 Å². The molecule has 1 heterocycles. The minimum Gasteiger partial charge on any atom is -0.336 e.